The summed E-state index contributed by atoms with van der Waals surface area (Å²) in [6, 6.07) is 10.1. The van der Waals surface area contributed by atoms with Crippen LogP contribution in [0.2, 0.25) is 0 Å². The zero-order valence-corrected chi connectivity index (χ0v) is 12.2. The number of nitrogens with two attached hydrogens (primary N) is 1. The summed E-state index contributed by atoms with van der Waals surface area (Å²) in [4.78, 5) is 0.172. The highest BCUT2D eigenvalue weighted by Crippen LogP contribution is 2.23. The molecule has 2 aromatic carbocycles. The topological polar surface area (TPSA) is 60.2 Å². The van der Waals surface area contributed by atoms with Crippen LogP contribution < -0.4 is 5.73 Å². The lowest BCUT2D eigenvalue weighted by molar-refractivity contribution is 0.594. The third-order valence-electron chi connectivity index (χ3n) is 2.61. The van der Waals surface area contributed by atoms with Crippen molar-refractivity contribution < 1.29 is 12.8 Å². The molecule has 0 radical (unpaired) electrons. The second-order valence-corrected chi connectivity index (χ2v) is 6.96. The van der Waals surface area contributed by atoms with Gasteiger partial charge in [-0.05, 0) is 42.0 Å². The van der Waals surface area contributed by atoms with Crippen molar-refractivity contribution in [1.29, 1.82) is 0 Å². The van der Waals surface area contributed by atoms with E-state index in [9.17, 15) is 12.8 Å². The van der Waals surface area contributed by atoms with Gasteiger partial charge in [-0.15, -0.1) is 0 Å². The van der Waals surface area contributed by atoms with Gasteiger partial charge in [0.25, 0.3) is 0 Å². The molecule has 2 rings (SSSR count). The summed E-state index contributed by atoms with van der Waals surface area (Å²) in [7, 11) is -3.55. The molecule has 0 heterocycles. The summed E-state index contributed by atoms with van der Waals surface area (Å²) in [5.74, 6) is -0.832. The number of anilines is 1. The van der Waals surface area contributed by atoms with Crippen LogP contribution in [-0.2, 0) is 15.6 Å². The monoisotopic (exact) mass is 343 g/mol. The van der Waals surface area contributed by atoms with E-state index >= 15 is 0 Å². The number of benzene rings is 2. The summed E-state index contributed by atoms with van der Waals surface area (Å²) in [6.07, 6.45) is 0. The molecular weight excluding hydrogens is 333 g/mol. The minimum Gasteiger partial charge on any atom is -0.398 e. The predicted octanol–water partition coefficient (Wildman–Crippen LogP) is 3.14. The number of sulfone groups is 1. The molecule has 0 aliphatic heterocycles. The van der Waals surface area contributed by atoms with Crippen molar-refractivity contribution in [2.24, 2.45) is 0 Å². The second-order valence-electron chi connectivity index (χ2n) is 4.06. The van der Waals surface area contributed by atoms with Crippen LogP contribution in [0.3, 0.4) is 0 Å². The van der Waals surface area contributed by atoms with E-state index in [0.717, 1.165) is 6.07 Å². The van der Waals surface area contributed by atoms with Gasteiger partial charge in [-0.3, -0.25) is 0 Å². The Hall–Kier alpha value is -1.40. The van der Waals surface area contributed by atoms with Crippen molar-refractivity contribution in [1.82, 2.24) is 0 Å². The van der Waals surface area contributed by atoms with Gasteiger partial charge >= 0.3 is 0 Å². The van der Waals surface area contributed by atoms with Crippen LogP contribution in [-0.4, -0.2) is 8.42 Å². The molecular formula is C13H11BrFNO2S. The van der Waals surface area contributed by atoms with Crippen LogP contribution in [0.25, 0.3) is 0 Å². The minimum atomic E-state index is -3.55. The van der Waals surface area contributed by atoms with Gasteiger partial charge < -0.3 is 5.73 Å². The molecule has 19 heavy (non-hydrogen) atoms. The van der Waals surface area contributed by atoms with E-state index in [0.29, 0.717) is 4.47 Å². The molecule has 0 aliphatic carbocycles. The molecule has 100 valence electrons. The normalized spacial score (nSPS) is 11.5. The van der Waals surface area contributed by atoms with Gasteiger partial charge in [0.05, 0.1) is 10.6 Å². The highest BCUT2D eigenvalue weighted by Gasteiger charge is 2.17. The van der Waals surface area contributed by atoms with Crippen molar-refractivity contribution in [2.45, 2.75) is 10.6 Å². The molecule has 0 amide bonds. The Morgan fingerprint density at radius 2 is 1.89 bits per heavy atom. The molecule has 6 heteroatoms. The number of nitrogen functional groups attached to an aromatic ring is 1. The molecule has 0 aromatic heterocycles. The maximum absolute atomic E-state index is 13.1. The van der Waals surface area contributed by atoms with Crippen molar-refractivity contribution in [3.8, 4) is 0 Å². The molecule has 2 aromatic rings. The van der Waals surface area contributed by atoms with Crippen molar-refractivity contribution >= 4 is 31.5 Å². The number of hydrogen-bond donors (Lipinski definition) is 1. The molecule has 0 atom stereocenters. The third kappa shape index (κ3) is 3.33. The van der Waals surface area contributed by atoms with Crippen LogP contribution >= 0.6 is 15.9 Å². The van der Waals surface area contributed by atoms with E-state index < -0.39 is 15.7 Å². The first-order chi connectivity index (χ1) is 8.88. The van der Waals surface area contributed by atoms with Crippen LogP contribution in [0.4, 0.5) is 10.1 Å². The molecule has 0 saturated carbocycles. The van der Waals surface area contributed by atoms with E-state index in [1.54, 1.807) is 12.1 Å². The highest BCUT2D eigenvalue weighted by atomic mass is 79.9. The van der Waals surface area contributed by atoms with Gasteiger partial charge in [-0.2, -0.15) is 0 Å². The Morgan fingerprint density at radius 1 is 1.16 bits per heavy atom. The zero-order valence-electron chi connectivity index (χ0n) is 9.81. The number of rotatable bonds is 3. The molecule has 0 fully saturated rings. The van der Waals surface area contributed by atoms with Gasteiger partial charge in [-0.25, -0.2) is 12.8 Å². The lowest BCUT2D eigenvalue weighted by Gasteiger charge is -2.08. The third-order valence-corrected chi connectivity index (χ3v) is 4.76. The largest absolute Gasteiger partial charge is 0.398 e. The van der Waals surface area contributed by atoms with Gasteiger partial charge in [0, 0.05) is 10.2 Å². The highest BCUT2D eigenvalue weighted by molar-refractivity contribution is 9.10. The van der Waals surface area contributed by atoms with Gasteiger partial charge in [-0.1, -0.05) is 22.0 Å². The van der Waals surface area contributed by atoms with Gasteiger partial charge in [0.15, 0.2) is 9.84 Å². The van der Waals surface area contributed by atoms with Gasteiger partial charge in [0.2, 0.25) is 0 Å². The minimum absolute atomic E-state index is 0.172. The maximum atomic E-state index is 13.1. The lowest BCUT2D eigenvalue weighted by Crippen LogP contribution is -2.07. The number of hydrogen-bond acceptors (Lipinski definition) is 3. The molecule has 0 bridgehead atoms. The summed E-state index contributed by atoms with van der Waals surface area (Å²) < 4.78 is 38.2. The smallest absolute Gasteiger partial charge is 0.182 e. The van der Waals surface area contributed by atoms with Gasteiger partial charge in [0.1, 0.15) is 5.82 Å². The quantitative estimate of drug-likeness (QED) is 0.871. The van der Waals surface area contributed by atoms with E-state index in [-0.39, 0.29) is 21.9 Å². The van der Waals surface area contributed by atoms with Crippen LogP contribution in [0, 0.1) is 5.82 Å². The molecule has 3 nitrogen and oxygen atoms in total. The van der Waals surface area contributed by atoms with E-state index in [4.69, 9.17) is 5.73 Å². The van der Waals surface area contributed by atoms with Crippen molar-refractivity contribution in [3.63, 3.8) is 0 Å². The Labute approximate surface area is 119 Å². The zero-order chi connectivity index (χ0) is 14.0. The first-order valence-corrected chi connectivity index (χ1v) is 7.85. The standard InChI is InChI=1S/C13H11BrFNO2S/c14-10-2-1-3-12(7-10)19(17,18)8-9-6-11(15)4-5-13(9)16/h1-7H,8,16H2. The molecule has 0 unspecified atom stereocenters. The Balaban J connectivity index is 2.39. The molecule has 2 N–H and O–H groups in total. The van der Waals surface area contributed by atoms with Crippen LogP contribution in [0.1, 0.15) is 5.56 Å². The van der Waals surface area contributed by atoms with Crippen LogP contribution in [0.5, 0.6) is 0 Å². The first-order valence-electron chi connectivity index (χ1n) is 5.41. The summed E-state index contributed by atoms with van der Waals surface area (Å²) in [6.45, 7) is 0. The maximum Gasteiger partial charge on any atom is 0.182 e. The summed E-state index contributed by atoms with van der Waals surface area (Å²) in [5, 5.41) is 0. The van der Waals surface area contributed by atoms with E-state index in [1.807, 2.05) is 0 Å². The van der Waals surface area contributed by atoms with Crippen molar-refractivity contribution in [2.75, 3.05) is 5.73 Å². The summed E-state index contributed by atoms with van der Waals surface area (Å²) >= 11 is 3.22. The van der Waals surface area contributed by atoms with E-state index in [2.05, 4.69) is 15.9 Å². The molecule has 0 saturated heterocycles. The Bertz CT molecular complexity index is 716. The first kappa shape index (κ1) is 14.0. The average Bonchev–Trinajstić information content (AvgIpc) is 2.33. The molecule has 0 aliphatic rings. The summed E-state index contributed by atoms with van der Waals surface area (Å²) in [5.41, 5.74) is 6.19. The number of halogens is 2. The fraction of sp³-hybridized carbons (Fsp3) is 0.0769. The van der Waals surface area contributed by atoms with E-state index in [1.165, 1.54) is 24.3 Å². The Morgan fingerprint density at radius 3 is 2.58 bits per heavy atom. The van der Waals surface area contributed by atoms with Crippen molar-refractivity contribution in [3.05, 3.63) is 58.3 Å². The second kappa shape index (κ2) is 5.30. The SMILES string of the molecule is Nc1ccc(F)cc1CS(=O)(=O)c1cccc(Br)c1. The fourth-order valence-corrected chi connectivity index (χ4v) is 3.62. The predicted molar refractivity (Wildman–Crippen MR) is 75.8 cm³/mol. The van der Waals surface area contributed by atoms with Crippen LogP contribution in [0.15, 0.2) is 51.8 Å². The average molecular weight is 344 g/mol. The fourth-order valence-electron chi connectivity index (χ4n) is 1.65. The Kier molecular flexibility index (Phi) is 3.91. The lowest BCUT2D eigenvalue weighted by atomic mass is 10.2. The molecule has 0 spiro atoms.